The van der Waals surface area contributed by atoms with Gasteiger partial charge < -0.3 is 0 Å². The molecule has 1 nitrogen and oxygen atoms in total. The van der Waals surface area contributed by atoms with Gasteiger partial charge in [0.15, 0.2) is 5.78 Å². The fourth-order valence-corrected chi connectivity index (χ4v) is 1.31. The number of hydrogen-bond donors (Lipinski definition) is 0. The van der Waals surface area contributed by atoms with E-state index in [2.05, 4.69) is 22.5 Å². The second-order valence-electron chi connectivity index (χ2n) is 2.43. The van der Waals surface area contributed by atoms with Crippen LogP contribution < -0.4 is 0 Å². The Bertz CT molecular complexity index is 304. The Labute approximate surface area is 80.2 Å². The Balaban J connectivity index is 2.87. The third-order valence-electron chi connectivity index (χ3n) is 1.48. The fourth-order valence-electron chi connectivity index (χ4n) is 0.911. The third-order valence-corrected chi connectivity index (χ3v) is 1.97. The molecule has 0 saturated carbocycles. The molecule has 0 fully saturated rings. The van der Waals surface area contributed by atoms with Gasteiger partial charge in [-0.15, -0.1) is 6.58 Å². The Kier molecular flexibility index (Phi) is 3.23. The van der Waals surface area contributed by atoms with E-state index < -0.39 is 0 Å². The van der Waals surface area contributed by atoms with Gasteiger partial charge in [-0.05, 0) is 12.1 Å². The van der Waals surface area contributed by atoms with Gasteiger partial charge in [-0.2, -0.15) is 0 Å². The van der Waals surface area contributed by atoms with Crippen molar-refractivity contribution in [1.29, 1.82) is 0 Å². The molecule has 12 heavy (non-hydrogen) atoms. The molecule has 0 aliphatic heterocycles. The largest absolute Gasteiger partial charge is 0.294 e. The van der Waals surface area contributed by atoms with Gasteiger partial charge in [-0.1, -0.05) is 34.1 Å². The molecule has 0 unspecified atom stereocenters. The number of halogens is 1. The fraction of sp³-hybridized carbons (Fsp3) is 0.100. The molecule has 0 radical (unpaired) electrons. The molecule has 2 heteroatoms. The molecule has 0 heterocycles. The van der Waals surface area contributed by atoms with Crippen LogP contribution in [0.3, 0.4) is 0 Å². The molecule has 1 aromatic rings. The lowest BCUT2D eigenvalue weighted by atomic mass is 10.1. The minimum Gasteiger partial charge on any atom is -0.294 e. The summed E-state index contributed by atoms with van der Waals surface area (Å²) in [6, 6.07) is 7.35. The van der Waals surface area contributed by atoms with Crippen LogP contribution in [0.2, 0.25) is 0 Å². The number of carbonyl (C=O) groups excluding carboxylic acids is 1. The van der Waals surface area contributed by atoms with Gasteiger partial charge >= 0.3 is 0 Å². The first-order valence-electron chi connectivity index (χ1n) is 3.63. The second kappa shape index (κ2) is 4.21. The number of benzene rings is 1. The van der Waals surface area contributed by atoms with Crippen molar-refractivity contribution in [3.8, 4) is 0 Å². The van der Waals surface area contributed by atoms with Gasteiger partial charge in [-0.25, -0.2) is 0 Å². The number of Topliss-reactive ketones (excluding diaryl/α,β-unsaturated/α-hetero) is 1. The van der Waals surface area contributed by atoms with Gasteiger partial charge in [0.05, 0.1) is 0 Å². The monoisotopic (exact) mass is 224 g/mol. The number of rotatable bonds is 3. The van der Waals surface area contributed by atoms with Crippen LogP contribution >= 0.6 is 15.9 Å². The molecular formula is C10H9BrO. The predicted octanol–water partition coefficient (Wildman–Crippen LogP) is 3.21. The van der Waals surface area contributed by atoms with Gasteiger partial charge in [0.1, 0.15) is 0 Å². The summed E-state index contributed by atoms with van der Waals surface area (Å²) in [5.41, 5.74) is 0.726. The van der Waals surface area contributed by atoms with E-state index >= 15 is 0 Å². The van der Waals surface area contributed by atoms with Crippen LogP contribution in [0.1, 0.15) is 16.8 Å². The van der Waals surface area contributed by atoms with Crippen molar-refractivity contribution in [3.63, 3.8) is 0 Å². The number of carbonyl (C=O) groups is 1. The van der Waals surface area contributed by atoms with Crippen LogP contribution in [0.5, 0.6) is 0 Å². The second-order valence-corrected chi connectivity index (χ2v) is 3.34. The number of hydrogen-bond acceptors (Lipinski definition) is 1. The first-order chi connectivity index (χ1) is 5.74. The maximum Gasteiger partial charge on any atom is 0.166 e. The Hall–Kier alpha value is -0.890. The Morgan fingerprint density at radius 2 is 2.33 bits per heavy atom. The molecule has 0 bridgehead atoms. The van der Waals surface area contributed by atoms with Crippen molar-refractivity contribution in [2.24, 2.45) is 0 Å². The molecule has 1 aromatic carbocycles. The summed E-state index contributed by atoms with van der Waals surface area (Å²) < 4.78 is 0.928. The SMILES string of the molecule is C=CCC(=O)c1cccc(Br)c1. The molecule has 0 saturated heterocycles. The van der Waals surface area contributed by atoms with E-state index in [1.54, 1.807) is 12.1 Å². The zero-order chi connectivity index (χ0) is 8.97. The summed E-state index contributed by atoms with van der Waals surface area (Å²) in [6.45, 7) is 3.52. The molecule has 1 rings (SSSR count). The van der Waals surface area contributed by atoms with Gasteiger partial charge in [0.25, 0.3) is 0 Å². The molecule has 0 aliphatic carbocycles. The van der Waals surface area contributed by atoms with Crippen LogP contribution in [-0.4, -0.2) is 5.78 Å². The standard InChI is InChI=1S/C10H9BrO/c1-2-4-10(12)8-5-3-6-9(11)7-8/h2-3,5-7H,1,4H2. The quantitative estimate of drug-likeness (QED) is 0.570. The van der Waals surface area contributed by atoms with Crippen molar-refractivity contribution in [2.45, 2.75) is 6.42 Å². The highest BCUT2D eigenvalue weighted by molar-refractivity contribution is 9.10. The van der Waals surface area contributed by atoms with E-state index in [9.17, 15) is 4.79 Å². The minimum absolute atomic E-state index is 0.103. The van der Waals surface area contributed by atoms with Crippen LogP contribution in [0.4, 0.5) is 0 Å². The smallest absolute Gasteiger partial charge is 0.166 e. The van der Waals surface area contributed by atoms with Crippen LogP contribution in [0.15, 0.2) is 41.4 Å². The summed E-state index contributed by atoms with van der Waals surface area (Å²) in [6.07, 6.45) is 2.01. The molecule has 0 amide bonds. The molecule has 0 aliphatic rings. The zero-order valence-electron chi connectivity index (χ0n) is 6.59. The maximum atomic E-state index is 11.3. The summed E-state index contributed by atoms with van der Waals surface area (Å²) >= 11 is 3.30. The molecule has 0 aromatic heterocycles. The van der Waals surface area contributed by atoms with E-state index in [0.29, 0.717) is 6.42 Å². The Morgan fingerprint density at radius 1 is 1.58 bits per heavy atom. The summed E-state index contributed by atoms with van der Waals surface area (Å²) in [5, 5.41) is 0. The summed E-state index contributed by atoms with van der Waals surface area (Å²) in [4.78, 5) is 11.3. The van der Waals surface area contributed by atoms with Crippen molar-refractivity contribution in [1.82, 2.24) is 0 Å². The molecule has 0 spiro atoms. The highest BCUT2D eigenvalue weighted by atomic mass is 79.9. The van der Waals surface area contributed by atoms with Gasteiger partial charge in [0, 0.05) is 16.5 Å². The van der Waals surface area contributed by atoms with Gasteiger partial charge in [0.2, 0.25) is 0 Å². The molecule has 0 N–H and O–H groups in total. The molecular weight excluding hydrogens is 216 g/mol. The summed E-state index contributed by atoms with van der Waals surface area (Å²) in [7, 11) is 0. The van der Waals surface area contributed by atoms with Crippen LogP contribution in [-0.2, 0) is 0 Å². The van der Waals surface area contributed by atoms with Crippen LogP contribution in [0, 0.1) is 0 Å². The van der Waals surface area contributed by atoms with Crippen molar-refractivity contribution >= 4 is 21.7 Å². The lowest BCUT2D eigenvalue weighted by Gasteiger charge is -1.97. The highest BCUT2D eigenvalue weighted by Gasteiger charge is 2.02. The van der Waals surface area contributed by atoms with Crippen LogP contribution in [0.25, 0.3) is 0 Å². The minimum atomic E-state index is 0.103. The normalized spacial score (nSPS) is 9.42. The first kappa shape index (κ1) is 9.20. The zero-order valence-corrected chi connectivity index (χ0v) is 8.17. The highest BCUT2D eigenvalue weighted by Crippen LogP contribution is 2.12. The Morgan fingerprint density at radius 3 is 2.92 bits per heavy atom. The van der Waals surface area contributed by atoms with E-state index in [0.717, 1.165) is 10.0 Å². The van der Waals surface area contributed by atoms with Crippen molar-refractivity contribution in [2.75, 3.05) is 0 Å². The van der Waals surface area contributed by atoms with Gasteiger partial charge in [-0.3, -0.25) is 4.79 Å². The average Bonchev–Trinajstić information content (AvgIpc) is 2.05. The third kappa shape index (κ3) is 2.31. The number of ketones is 1. The lowest BCUT2D eigenvalue weighted by molar-refractivity contribution is 0.0996. The van der Waals surface area contributed by atoms with E-state index in [1.165, 1.54) is 0 Å². The number of allylic oxidation sites excluding steroid dienone is 1. The molecule has 62 valence electrons. The average molecular weight is 225 g/mol. The van der Waals surface area contributed by atoms with Crippen molar-refractivity contribution in [3.05, 3.63) is 47.0 Å². The predicted molar refractivity (Wildman–Crippen MR) is 53.3 cm³/mol. The lowest BCUT2D eigenvalue weighted by Crippen LogP contribution is -1.95. The van der Waals surface area contributed by atoms with Crippen molar-refractivity contribution < 1.29 is 4.79 Å². The maximum absolute atomic E-state index is 11.3. The first-order valence-corrected chi connectivity index (χ1v) is 4.43. The summed E-state index contributed by atoms with van der Waals surface area (Å²) in [5.74, 6) is 0.103. The van der Waals surface area contributed by atoms with E-state index in [1.807, 2.05) is 18.2 Å². The van der Waals surface area contributed by atoms with E-state index in [4.69, 9.17) is 0 Å². The van der Waals surface area contributed by atoms with E-state index in [-0.39, 0.29) is 5.78 Å². The topological polar surface area (TPSA) is 17.1 Å². The molecule has 0 atom stereocenters.